The van der Waals surface area contributed by atoms with Crippen molar-refractivity contribution in [2.75, 3.05) is 0 Å². The predicted octanol–water partition coefficient (Wildman–Crippen LogP) is 3.85. The van der Waals surface area contributed by atoms with Crippen molar-refractivity contribution in [2.45, 2.75) is 6.92 Å². The number of hydrogen-bond donors (Lipinski definition) is 1. The average Bonchev–Trinajstić information content (AvgIpc) is 2.75. The van der Waals surface area contributed by atoms with Crippen LogP contribution in [-0.4, -0.2) is 18.1 Å². The van der Waals surface area contributed by atoms with E-state index in [1.165, 1.54) is 6.21 Å². The zero-order valence-corrected chi connectivity index (χ0v) is 15.6. The molecular formula is C23H17N3O3. The van der Waals surface area contributed by atoms with Crippen molar-refractivity contribution < 1.29 is 14.3 Å². The molecule has 1 amide bonds. The van der Waals surface area contributed by atoms with E-state index in [1.807, 2.05) is 25.1 Å². The Morgan fingerprint density at radius 1 is 0.931 bits per heavy atom. The molecule has 29 heavy (non-hydrogen) atoms. The normalized spacial score (nSPS) is 10.3. The van der Waals surface area contributed by atoms with Crippen molar-refractivity contribution in [1.29, 1.82) is 5.26 Å². The number of carbonyl (C=O) groups excluding carboxylic acids is 2. The largest absolute Gasteiger partial charge is 0.423 e. The summed E-state index contributed by atoms with van der Waals surface area (Å²) in [7, 11) is 0. The summed E-state index contributed by atoms with van der Waals surface area (Å²) in [4.78, 5) is 24.1. The highest BCUT2D eigenvalue weighted by molar-refractivity contribution is 5.95. The number of ether oxygens (including phenoxy) is 1. The first-order valence-corrected chi connectivity index (χ1v) is 8.77. The number of nitriles is 1. The highest BCUT2D eigenvalue weighted by Crippen LogP contribution is 2.14. The van der Waals surface area contributed by atoms with E-state index >= 15 is 0 Å². The number of nitrogens with one attached hydrogen (secondary N) is 1. The monoisotopic (exact) mass is 383 g/mol. The Kier molecular flexibility index (Phi) is 6.13. The van der Waals surface area contributed by atoms with Gasteiger partial charge in [0.25, 0.3) is 5.91 Å². The van der Waals surface area contributed by atoms with Gasteiger partial charge in [-0.05, 0) is 73.2 Å². The summed E-state index contributed by atoms with van der Waals surface area (Å²) in [6.07, 6.45) is 1.48. The summed E-state index contributed by atoms with van der Waals surface area (Å²) in [6, 6.07) is 22.1. The molecule has 0 aliphatic rings. The van der Waals surface area contributed by atoms with Gasteiger partial charge in [0.2, 0.25) is 0 Å². The third-order valence-corrected chi connectivity index (χ3v) is 4.03. The summed E-state index contributed by atoms with van der Waals surface area (Å²) in [6.45, 7) is 1.95. The van der Waals surface area contributed by atoms with Crippen LogP contribution in [0.3, 0.4) is 0 Å². The molecule has 0 saturated heterocycles. The molecule has 0 fully saturated rings. The zero-order chi connectivity index (χ0) is 20.6. The molecule has 3 aromatic carbocycles. The van der Waals surface area contributed by atoms with Gasteiger partial charge in [-0.3, -0.25) is 4.79 Å². The number of benzene rings is 3. The maximum Gasteiger partial charge on any atom is 0.343 e. The van der Waals surface area contributed by atoms with Crippen LogP contribution in [0.15, 0.2) is 77.9 Å². The van der Waals surface area contributed by atoms with Crippen LogP contribution in [0, 0.1) is 18.3 Å². The van der Waals surface area contributed by atoms with Gasteiger partial charge in [-0.1, -0.05) is 17.7 Å². The van der Waals surface area contributed by atoms with Crippen molar-refractivity contribution >= 4 is 18.1 Å². The Morgan fingerprint density at radius 3 is 2.17 bits per heavy atom. The average molecular weight is 383 g/mol. The minimum absolute atomic E-state index is 0.380. The first-order valence-electron chi connectivity index (χ1n) is 8.77. The molecule has 142 valence electrons. The van der Waals surface area contributed by atoms with Crippen LogP contribution in [0.2, 0.25) is 0 Å². The topological polar surface area (TPSA) is 91.5 Å². The molecule has 0 saturated carbocycles. The van der Waals surface area contributed by atoms with Crippen molar-refractivity contribution in [3.05, 3.63) is 101 Å². The highest BCUT2D eigenvalue weighted by atomic mass is 16.5. The molecule has 0 bridgehead atoms. The molecule has 1 N–H and O–H groups in total. The molecule has 0 atom stereocenters. The van der Waals surface area contributed by atoms with E-state index in [0.29, 0.717) is 22.4 Å². The van der Waals surface area contributed by atoms with Crippen molar-refractivity contribution in [3.63, 3.8) is 0 Å². The van der Waals surface area contributed by atoms with Gasteiger partial charge in [-0.2, -0.15) is 10.4 Å². The molecule has 3 rings (SSSR count). The number of aryl methyl sites for hydroxylation is 1. The molecule has 0 heterocycles. The van der Waals surface area contributed by atoms with Gasteiger partial charge in [0.1, 0.15) is 5.75 Å². The quantitative estimate of drug-likeness (QED) is 0.313. The zero-order valence-electron chi connectivity index (χ0n) is 15.6. The van der Waals surface area contributed by atoms with Gasteiger partial charge in [0.05, 0.1) is 23.4 Å². The first kappa shape index (κ1) is 19.5. The minimum atomic E-state index is -0.430. The number of rotatable bonds is 5. The van der Waals surface area contributed by atoms with Gasteiger partial charge in [0, 0.05) is 5.56 Å². The third-order valence-electron chi connectivity index (χ3n) is 4.03. The molecule has 0 spiro atoms. The Labute approximate surface area is 168 Å². The lowest BCUT2D eigenvalue weighted by molar-refractivity contribution is 0.0734. The summed E-state index contributed by atoms with van der Waals surface area (Å²) in [5, 5.41) is 12.7. The van der Waals surface area contributed by atoms with Crippen LogP contribution in [0.5, 0.6) is 5.75 Å². The number of amides is 1. The Balaban J connectivity index is 1.55. The lowest BCUT2D eigenvalue weighted by Crippen LogP contribution is -2.17. The first-order chi connectivity index (χ1) is 14.0. The number of hydrogen-bond acceptors (Lipinski definition) is 5. The second kappa shape index (κ2) is 9.11. The molecule has 3 aromatic rings. The number of hydrazone groups is 1. The van der Waals surface area contributed by atoms with Crippen LogP contribution in [0.25, 0.3) is 0 Å². The van der Waals surface area contributed by atoms with Crippen molar-refractivity contribution in [1.82, 2.24) is 5.43 Å². The maximum absolute atomic E-state index is 12.1. The maximum atomic E-state index is 12.1. The van der Waals surface area contributed by atoms with E-state index < -0.39 is 5.97 Å². The van der Waals surface area contributed by atoms with E-state index in [2.05, 4.69) is 10.5 Å². The molecule has 0 radical (unpaired) electrons. The molecule has 0 aliphatic carbocycles. The number of nitrogens with zero attached hydrogens (tertiary/aromatic N) is 2. The van der Waals surface area contributed by atoms with E-state index in [-0.39, 0.29) is 5.91 Å². The molecule has 6 heteroatoms. The van der Waals surface area contributed by atoms with Crippen molar-refractivity contribution in [3.8, 4) is 11.8 Å². The fraction of sp³-hybridized carbons (Fsp3) is 0.0435. The van der Waals surface area contributed by atoms with Gasteiger partial charge < -0.3 is 4.74 Å². The Hall–Kier alpha value is -4.24. The smallest absolute Gasteiger partial charge is 0.343 e. The molecule has 0 aromatic heterocycles. The van der Waals surface area contributed by atoms with Crippen LogP contribution >= 0.6 is 0 Å². The Morgan fingerprint density at radius 2 is 1.55 bits per heavy atom. The summed E-state index contributed by atoms with van der Waals surface area (Å²) < 4.78 is 5.34. The second-order valence-corrected chi connectivity index (χ2v) is 6.21. The Bertz CT molecular complexity index is 1080. The lowest BCUT2D eigenvalue weighted by atomic mass is 10.1. The second-order valence-electron chi connectivity index (χ2n) is 6.21. The van der Waals surface area contributed by atoms with Gasteiger partial charge in [0.15, 0.2) is 0 Å². The molecule has 0 aliphatic heterocycles. The fourth-order valence-corrected chi connectivity index (χ4v) is 2.40. The van der Waals surface area contributed by atoms with E-state index in [1.54, 1.807) is 60.7 Å². The van der Waals surface area contributed by atoms with Crippen LogP contribution in [-0.2, 0) is 0 Å². The van der Waals surface area contributed by atoms with Crippen LogP contribution in [0.4, 0.5) is 0 Å². The number of esters is 1. The molecule has 0 unspecified atom stereocenters. The molecule has 6 nitrogen and oxygen atoms in total. The standard InChI is InChI=1S/C23H17N3O3/c1-16-2-8-20(9-3-16)23(28)29-21-12-6-18(7-13-21)15-25-26-22(27)19-10-4-17(14-24)5-11-19/h2-13,15H,1H3,(H,26,27)/b25-15-. The number of carbonyl (C=O) groups is 2. The van der Waals surface area contributed by atoms with E-state index in [0.717, 1.165) is 11.1 Å². The lowest BCUT2D eigenvalue weighted by Gasteiger charge is -2.05. The van der Waals surface area contributed by atoms with E-state index in [4.69, 9.17) is 10.00 Å². The summed E-state index contributed by atoms with van der Waals surface area (Å²) in [5.74, 6) is -0.398. The minimum Gasteiger partial charge on any atom is -0.423 e. The predicted molar refractivity (Wildman–Crippen MR) is 109 cm³/mol. The highest BCUT2D eigenvalue weighted by Gasteiger charge is 2.08. The van der Waals surface area contributed by atoms with Crippen LogP contribution in [0.1, 0.15) is 37.4 Å². The third kappa shape index (κ3) is 5.37. The van der Waals surface area contributed by atoms with Gasteiger partial charge in [-0.15, -0.1) is 0 Å². The summed E-state index contributed by atoms with van der Waals surface area (Å²) >= 11 is 0. The SMILES string of the molecule is Cc1ccc(C(=O)Oc2ccc(/C=N\NC(=O)c3ccc(C#N)cc3)cc2)cc1. The van der Waals surface area contributed by atoms with Gasteiger partial charge in [-0.25, -0.2) is 10.2 Å². The van der Waals surface area contributed by atoms with Crippen LogP contribution < -0.4 is 10.2 Å². The van der Waals surface area contributed by atoms with E-state index in [9.17, 15) is 9.59 Å². The molecular weight excluding hydrogens is 366 g/mol. The van der Waals surface area contributed by atoms with Crippen molar-refractivity contribution in [2.24, 2.45) is 5.10 Å². The summed E-state index contributed by atoms with van der Waals surface area (Å²) in [5.41, 5.74) is 5.57. The fourth-order valence-electron chi connectivity index (χ4n) is 2.40. The van der Waals surface area contributed by atoms with Gasteiger partial charge >= 0.3 is 5.97 Å².